The zero-order chi connectivity index (χ0) is 24.5. The number of halogens is 1. The van der Waals surface area contributed by atoms with Crippen molar-refractivity contribution in [3.63, 3.8) is 0 Å². The van der Waals surface area contributed by atoms with Crippen molar-refractivity contribution < 1.29 is 14.3 Å². The highest BCUT2D eigenvalue weighted by atomic mass is 35.5. The lowest BCUT2D eigenvalue weighted by molar-refractivity contribution is 0.251. The van der Waals surface area contributed by atoms with E-state index in [0.717, 1.165) is 41.2 Å². The van der Waals surface area contributed by atoms with Gasteiger partial charge in [0, 0.05) is 36.6 Å². The second kappa shape index (κ2) is 12.3. The molecule has 34 heavy (non-hydrogen) atoms. The molecule has 0 aliphatic carbocycles. The standard InChI is InChI=1S/C26H31ClN4O3/c1-18-15-23(25(16-22(18)27)33-13-5-12-31(3)4)30-26(32)29-17-20-6-7-24(19(2)14-20)34-21-8-10-28-11-9-21/h6-11,14-16H,5,12-13,17H2,1-4H3,(H2,29,30,32). The van der Waals surface area contributed by atoms with Crippen LogP contribution < -0.4 is 20.1 Å². The minimum atomic E-state index is -0.324. The van der Waals surface area contributed by atoms with Gasteiger partial charge in [0.25, 0.3) is 0 Å². The highest BCUT2D eigenvalue weighted by molar-refractivity contribution is 6.31. The number of hydrogen-bond donors (Lipinski definition) is 2. The normalized spacial score (nSPS) is 10.8. The number of amides is 2. The molecule has 0 fully saturated rings. The Morgan fingerprint density at radius 1 is 1.03 bits per heavy atom. The first-order valence-corrected chi connectivity index (χ1v) is 11.5. The zero-order valence-corrected chi connectivity index (χ0v) is 20.8. The molecular weight excluding hydrogens is 452 g/mol. The number of ether oxygens (including phenoxy) is 2. The summed E-state index contributed by atoms with van der Waals surface area (Å²) in [4.78, 5) is 18.7. The molecule has 8 heteroatoms. The Kier molecular flexibility index (Phi) is 9.13. The molecule has 3 rings (SSSR count). The lowest BCUT2D eigenvalue weighted by Gasteiger charge is -2.16. The van der Waals surface area contributed by atoms with Gasteiger partial charge in [0.1, 0.15) is 17.2 Å². The molecule has 0 aliphatic heterocycles. The molecule has 7 nitrogen and oxygen atoms in total. The molecular formula is C26H31ClN4O3. The number of anilines is 1. The summed E-state index contributed by atoms with van der Waals surface area (Å²) in [6.45, 7) is 5.67. The predicted molar refractivity (Wildman–Crippen MR) is 136 cm³/mol. The number of hydrogen-bond acceptors (Lipinski definition) is 5. The van der Waals surface area contributed by atoms with Gasteiger partial charge in [-0.3, -0.25) is 4.98 Å². The summed E-state index contributed by atoms with van der Waals surface area (Å²) in [6.07, 6.45) is 4.23. The van der Waals surface area contributed by atoms with Crippen LogP contribution in [0.25, 0.3) is 0 Å². The third-order valence-electron chi connectivity index (χ3n) is 5.09. The van der Waals surface area contributed by atoms with Crippen LogP contribution in [-0.2, 0) is 6.54 Å². The summed E-state index contributed by atoms with van der Waals surface area (Å²) >= 11 is 6.28. The number of rotatable bonds is 10. The molecule has 0 spiro atoms. The summed E-state index contributed by atoms with van der Waals surface area (Å²) in [7, 11) is 4.03. The lowest BCUT2D eigenvalue weighted by atomic mass is 10.1. The Balaban J connectivity index is 1.58. The number of pyridine rings is 1. The Morgan fingerprint density at radius 3 is 2.50 bits per heavy atom. The number of nitrogens with zero attached hydrogens (tertiary/aromatic N) is 2. The molecule has 1 heterocycles. The zero-order valence-electron chi connectivity index (χ0n) is 20.0. The van der Waals surface area contributed by atoms with E-state index in [9.17, 15) is 4.79 Å². The summed E-state index contributed by atoms with van der Waals surface area (Å²) in [5.41, 5.74) is 3.37. The highest BCUT2D eigenvalue weighted by Crippen LogP contribution is 2.31. The fraction of sp³-hybridized carbons (Fsp3) is 0.308. The van der Waals surface area contributed by atoms with Gasteiger partial charge in [-0.2, -0.15) is 0 Å². The minimum Gasteiger partial charge on any atom is -0.491 e. The molecule has 180 valence electrons. The molecule has 0 bridgehead atoms. The van der Waals surface area contributed by atoms with Gasteiger partial charge in [0.05, 0.1) is 12.3 Å². The molecule has 2 N–H and O–H groups in total. The smallest absolute Gasteiger partial charge is 0.319 e. The average molecular weight is 483 g/mol. The first kappa shape index (κ1) is 25.3. The first-order chi connectivity index (χ1) is 16.3. The first-order valence-electron chi connectivity index (χ1n) is 11.1. The SMILES string of the molecule is Cc1cc(NC(=O)NCc2ccc(Oc3ccncc3)c(C)c2)c(OCCCN(C)C)cc1Cl. The van der Waals surface area contributed by atoms with Crippen LogP contribution in [0.1, 0.15) is 23.1 Å². The van der Waals surface area contributed by atoms with Crippen LogP contribution >= 0.6 is 11.6 Å². The van der Waals surface area contributed by atoms with E-state index in [-0.39, 0.29) is 6.03 Å². The van der Waals surface area contributed by atoms with Crippen LogP contribution in [0.4, 0.5) is 10.5 Å². The summed E-state index contributed by atoms with van der Waals surface area (Å²) < 4.78 is 11.8. The number of aromatic nitrogens is 1. The average Bonchev–Trinajstić information content (AvgIpc) is 2.80. The van der Waals surface area contributed by atoms with Crippen LogP contribution in [0.2, 0.25) is 5.02 Å². The van der Waals surface area contributed by atoms with Gasteiger partial charge < -0.3 is 25.0 Å². The van der Waals surface area contributed by atoms with Crippen molar-refractivity contribution in [1.29, 1.82) is 0 Å². The molecule has 0 saturated carbocycles. The molecule has 2 aromatic carbocycles. The van der Waals surface area contributed by atoms with E-state index in [2.05, 4.69) is 20.5 Å². The maximum Gasteiger partial charge on any atom is 0.319 e. The fourth-order valence-corrected chi connectivity index (χ4v) is 3.41. The summed E-state index contributed by atoms with van der Waals surface area (Å²) in [6, 6.07) is 12.7. The van der Waals surface area contributed by atoms with Gasteiger partial charge in [0.2, 0.25) is 0 Å². The minimum absolute atomic E-state index is 0.324. The monoisotopic (exact) mass is 482 g/mol. The summed E-state index contributed by atoms with van der Waals surface area (Å²) in [5, 5.41) is 6.37. The number of carbonyl (C=O) groups is 1. The van der Waals surface area contributed by atoms with Crippen molar-refractivity contribution in [3.05, 3.63) is 76.6 Å². The van der Waals surface area contributed by atoms with E-state index in [4.69, 9.17) is 21.1 Å². The van der Waals surface area contributed by atoms with E-state index in [1.165, 1.54) is 0 Å². The lowest BCUT2D eigenvalue weighted by Crippen LogP contribution is -2.28. The van der Waals surface area contributed by atoms with Gasteiger partial charge in [-0.25, -0.2) is 4.79 Å². The predicted octanol–water partition coefficient (Wildman–Crippen LogP) is 5.80. The largest absolute Gasteiger partial charge is 0.491 e. The van der Waals surface area contributed by atoms with Crippen molar-refractivity contribution in [2.45, 2.75) is 26.8 Å². The molecule has 1 aromatic heterocycles. The Hall–Kier alpha value is -3.29. The van der Waals surface area contributed by atoms with Gasteiger partial charge in [-0.05, 0) is 75.3 Å². The third-order valence-corrected chi connectivity index (χ3v) is 5.49. The maximum absolute atomic E-state index is 12.6. The molecule has 2 amide bonds. The van der Waals surface area contributed by atoms with E-state index >= 15 is 0 Å². The quantitative estimate of drug-likeness (QED) is 0.357. The Labute approximate surface area is 206 Å². The molecule has 0 saturated heterocycles. The van der Waals surface area contributed by atoms with Crippen LogP contribution in [0.15, 0.2) is 54.9 Å². The molecule has 3 aromatic rings. The number of carbonyl (C=O) groups excluding carboxylic acids is 1. The van der Waals surface area contributed by atoms with Crippen molar-refractivity contribution in [3.8, 4) is 17.2 Å². The molecule has 0 atom stereocenters. The van der Waals surface area contributed by atoms with Gasteiger partial charge in [-0.15, -0.1) is 0 Å². The highest BCUT2D eigenvalue weighted by Gasteiger charge is 2.12. The van der Waals surface area contributed by atoms with Crippen LogP contribution in [-0.4, -0.2) is 43.2 Å². The van der Waals surface area contributed by atoms with E-state index < -0.39 is 0 Å². The maximum atomic E-state index is 12.6. The van der Waals surface area contributed by atoms with Crippen molar-refractivity contribution in [2.75, 3.05) is 32.6 Å². The Morgan fingerprint density at radius 2 is 1.79 bits per heavy atom. The van der Waals surface area contributed by atoms with E-state index in [1.54, 1.807) is 30.6 Å². The number of nitrogens with one attached hydrogen (secondary N) is 2. The van der Waals surface area contributed by atoms with Crippen LogP contribution in [0.3, 0.4) is 0 Å². The number of urea groups is 1. The third kappa shape index (κ3) is 7.64. The van der Waals surface area contributed by atoms with Gasteiger partial charge >= 0.3 is 6.03 Å². The van der Waals surface area contributed by atoms with Crippen LogP contribution in [0.5, 0.6) is 17.2 Å². The van der Waals surface area contributed by atoms with Crippen LogP contribution in [0, 0.1) is 13.8 Å². The van der Waals surface area contributed by atoms with Gasteiger partial charge in [-0.1, -0.05) is 23.7 Å². The Bertz CT molecular complexity index is 1110. The molecule has 0 radical (unpaired) electrons. The molecule has 0 unspecified atom stereocenters. The topological polar surface area (TPSA) is 75.7 Å². The summed E-state index contributed by atoms with van der Waals surface area (Å²) in [5.74, 6) is 2.03. The van der Waals surface area contributed by atoms with Gasteiger partial charge in [0.15, 0.2) is 0 Å². The van der Waals surface area contributed by atoms with Crippen molar-refractivity contribution >= 4 is 23.3 Å². The number of aryl methyl sites for hydroxylation is 2. The second-order valence-corrected chi connectivity index (χ2v) is 8.70. The fourth-order valence-electron chi connectivity index (χ4n) is 3.26. The van der Waals surface area contributed by atoms with E-state index in [1.807, 2.05) is 52.2 Å². The number of benzene rings is 2. The van der Waals surface area contributed by atoms with Crippen molar-refractivity contribution in [2.24, 2.45) is 0 Å². The molecule has 0 aliphatic rings. The van der Waals surface area contributed by atoms with E-state index in [0.29, 0.717) is 29.6 Å². The second-order valence-electron chi connectivity index (χ2n) is 8.30. The van der Waals surface area contributed by atoms with Crippen molar-refractivity contribution in [1.82, 2.24) is 15.2 Å².